The van der Waals surface area contributed by atoms with E-state index < -0.39 is 0 Å². The molecule has 0 spiro atoms. The van der Waals surface area contributed by atoms with Crippen LogP contribution >= 0.6 is 11.6 Å². The van der Waals surface area contributed by atoms with Crippen LogP contribution < -0.4 is 0 Å². The summed E-state index contributed by atoms with van der Waals surface area (Å²) in [6, 6.07) is 2.54. The molecule has 2 aliphatic rings. The molecular weight excluding hydrogens is 392 g/mol. The van der Waals surface area contributed by atoms with Crippen LogP contribution in [0.25, 0.3) is 5.57 Å². The molecule has 3 rings (SSSR count). The number of nitrogens with one attached hydrogen (secondary N) is 1. The van der Waals surface area contributed by atoms with E-state index in [0.29, 0.717) is 17.0 Å². The maximum Gasteiger partial charge on any atom is 0.157 e. The number of allylic oxidation sites excluding steroid dienone is 3. The van der Waals surface area contributed by atoms with Crippen molar-refractivity contribution in [2.45, 2.75) is 84.1 Å². The molecule has 1 saturated heterocycles. The van der Waals surface area contributed by atoms with Gasteiger partial charge >= 0.3 is 0 Å². The van der Waals surface area contributed by atoms with Crippen LogP contribution in [0.3, 0.4) is 0 Å². The zero-order valence-electron chi connectivity index (χ0n) is 18.9. The van der Waals surface area contributed by atoms with Crippen LogP contribution in [-0.4, -0.2) is 40.2 Å². The molecule has 1 N–H and O–H groups in total. The second-order valence-electron chi connectivity index (χ2n) is 9.04. The molecule has 1 saturated carbocycles. The Morgan fingerprint density at radius 1 is 1.27 bits per heavy atom. The average Bonchev–Trinajstić information content (AvgIpc) is 3.14. The van der Waals surface area contributed by atoms with Crippen molar-refractivity contribution in [2.75, 3.05) is 13.6 Å². The summed E-state index contributed by atoms with van der Waals surface area (Å²) in [5.41, 5.74) is 5.02. The van der Waals surface area contributed by atoms with Gasteiger partial charge < -0.3 is 10.3 Å². The highest BCUT2D eigenvalue weighted by molar-refractivity contribution is 6.29. The Labute approximate surface area is 187 Å². The summed E-state index contributed by atoms with van der Waals surface area (Å²) in [5.74, 6) is 0.860. The molecule has 0 amide bonds. The van der Waals surface area contributed by atoms with Crippen molar-refractivity contribution < 1.29 is 0 Å². The van der Waals surface area contributed by atoms with E-state index in [1.54, 1.807) is 0 Å². The zero-order valence-corrected chi connectivity index (χ0v) is 19.7. The van der Waals surface area contributed by atoms with Gasteiger partial charge in [-0.1, -0.05) is 43.5 Å². The van der Waals surface area contributed by atoms with E-state index in [2.05, 4.69) is 37.4 Å². The topological polar surface area (TPSA) is 52.9 Å². The van der Waals surface area contributed by atoms with Gasteiger partial charge in [-0.15, -0.1) is 0 Å². The Hall–Kier alpha value is -1.52. The highest BCUT2D eigenvalue weighted by Gasteiger charge is 2.26. The van der Waals surface area contributed by atoms with Gasteiger partial charge in [-0.3, -0.25) is 0 Å². The van der Waals surface area contributed by atoms with Crippen LogP contribution in [0.15, 0.2) is 23.8 Å². The van der Waals surface area contributed by atoms with Gasteiger partial charge in [-0.05, 0) is 89.1 Å². The lowest BCUT2D eigenvalue weighted by molar-refractivity contribution is 0.296. The van der Waals surface area contributed by atoms with Crippen LogP contribution in [0.5, 0.6) is 0 Å². The van der Waals surface area contributed by atoms with Gasteiger partial charge in [0.2, 0.25) is 0 Å². The van der Waals surface area contributed by atoms with Gasteiger partial charge in [0, 0.05) is 23.4 Å². The Kier molecular flexibility index (Phi) is 8.24. The standard InChI is InChI=1S/C25H37ClN4/c1-5-9-22(24(27)21-12-7-6-10-17(21)2)18(3)25-28-19(16-23(26)29-25)13-14-20-11-8-15-30(20)4/h16,20-21,27H,2,5-15H2,1,3-4H3/b22-18+,27-24?/t20-,21-/m0/s1. The second-order valence-corrected chi connectivity index (χ2v) is 9.43. The summed E-state index contributed by atoms with van der Waals surface area (Å²) < 4.78 is 0. The predicted molar refractivity (Wildman–Crippen MR) is 127 cm³/mol. The molecule has 1 aliphatic heterocycles. The molecule has 1 aliphatic carbocycles. The fourth-order valence-electron chi connectivity index (χ4n) is 4.97. The Morgan fingerprint density at radius 3 is 2.73 bits per heavy atom. The summed E-state index contributed by atoms with van der Waals surface area (Å²) in [7, 11) is 2.21. The van der Waals surface area contributed by atoms with Crippen molar-refractivity contribution in [3.05, 3.63) is 40.5 Å². The lowest BCUT2D eigenvalue weighted by Crippen LogP contribution is -2.25. The second kappa shape index (κ2) is 10.7. The van der Waals surface area contributed by atoms with Crippen molar-refractivity contribution in [1.29, 1.82) is 5.41 Å². The van der Waals surface area contributed by atoms with Crippen LogP contribution in [0.2, 0.25) is 5.15 Å². The van der Waals surface area contributed by atoms with Gasteiger partial charge in [0.05, 0.1) is 0 Å². The largest absolute Gasteiger partial charge is 0.304 e. The minimum Gasteiger partial charge on any atom is -0.304 e. The number of hydrogen-bond acceptors (Lipinski definition) is 4. The van der Waals surface area contributed by atoms with Crippen molar-refractivity contribution in [1.82, 2.24) is 14.9 Å². The Morgan fingerprint density at radius 2 is 2.07 bits per heavy atom. The molecule has 1 aromatic rings. The van der Waals surface area contributed by atoms with Crippen molar-refractivity contribution in [3.8, 4) is 0 Å². The van der Waals surface area contributed by atoms with Crippen molar-refractivity contribution in [3.63, 3.8) is 0 Å². The maximum absolute atomic E-state index is 8.96. The summed E-state index contributed by atoms with van der Waals surface area (Å²) in [6.07, 6.45) is 10.9. The van der Waals surface area contributed by atoms with Crippen LogP contribution in [0.4, 0.5) is 0 Å². The van der Waals surface area contributed by atoms with E-state index in [-0.39, 0.29) is 5.92 Å². The van der Waals surface area contributed by atoms with Gasteiger partial charge in [-0.2, -0.15) is 0 Å². The predicted octanol–water partition coefficient (Wildman–Crippen LogP) is 6.50. The van der Waals surface area contributed by atoms with Crippen molar-refractivity contribution in [2.24, 2.45) is 5.92 Å². The fraction of sp³-hybridized carbons (Fsp3) is 0.640. The number of nitrogens with zero attached hydrogens (tertiary/aromatic N) is 3. The summed E-state index contributed by atoms with van der Waals surface area (Å²) in [5, 5.41) is 9.46. The molecule has 30 heavy (non-hydrogen) atoms. The number of rotatable bonds is 8. The molecule has 5 heteroatoms. The third kappa shape index (κ3) is 5.59. The van der Waals surface area contributed by atoms with Crippen molar-refractivity contribution >= 4 is 22.9 Å². The molecule has 4 nitrogen and oxygen atoms in total. The number of aryl methyl sites for hydroxylation is 1. The van der Waals surface area contributed by atoms with E-state index in [0.717, 1.165) is 61.1 Å². The number of halogens is 1. The third-order valence-electron chi connectivity index (χ3n) is 6.85. The van der Waals surface area contributed by atoms with Gasteiger partial charge in [0.15, 0.2) is 5.82 Å². The average molecular weight is 429 g/mol. The Bertz CT molecular complexity index is 813. The minimum atomic E-state index is 0.173. The fourth-order valence-corrected chi connectivity index (χ4v) is 5.17. The molecule has 0 unspecified atom stereocenters. The van der Waals surface area contributed by atoms with Crippen LogP contribution in [-0.2, 0) is 6.42 Å². The molecule has 2 atom stereocenters. The van der Waals surface area contributed by atoms with E-state index in [1.165, 1.54) is 37.8 Å². The lowest BCUT2D eigenvalue weighted by atomic mass is 9.78. The van der Waals surface area contributed by atoms with E-state index >= 15 is 0 Å². The normalized spacial score (nSPS) is 23.5. The highest BCUT2D eigenvalue weighted by atomic mass is 35.5. The zero-order chi connectivity index (χ0) is 21.7. The lowest BCUT2D eigenvalue weighted by Gasteiger charge is -2.27. The molecule has 2 heterocycles. The summed E-state index contributed by atoms with van der Waals surface area (Å²) >= 11 is 6.40. The molecule has 2 fully saturated rings. The summed E-state index contributed by atoms with van der Waals surface area (Å²) in [4.78, 5) is 11.9. The number of aromatic nitrogens is 2. The van der Waals surface area contributed by atoms with Gasteiger partial charge in [0.1, 0.15) is 5.15 Å². The van der Waals surface area contributed by atoms with E-state index in [9.17, 15) is 0 Å². The molecule has 0 bridgehead atoms. The summed E-state index contributed by atoms with van der Waals surface area (Å²) in [6.45, 7) is 9.69. The number of hydrogen-bond donors (Lipinski definition) is 1. The SMILES string of the molecule is C=C1CCCC[C@@H]1C(=N)/C(CCC)=C(\C)c1nc(Cl)cc(CC[C@@H]2CCCN2C)n1. The molecule has 1 aromatic heterocycles. The molecule has 0 radical (unpaired) electrons. The first-order chi connectivity index (χ1) is 14.4. The van der Waals surface area contributed by atoms with E-state index in [4.69, 9.17) is 22.0 Å². The minimum absolute atomic E-state index is 0.173. The van der Waals surface area contributed by atoms with Gasteiger partial charge in [0.25, 0.3) is 0 Å². The first-order valence-corrected chi connectivity index (χ1v) is 12.0. The molecule has 0 aromatic carbocycles. The monoisotopic (exact) mass is 428 g/mol. The first-order valence-electron chi connectivity index (χ1n) is 11.6. The van der Waals surface area contributed by atoms with Crippen LogP contribution in [0.1, 0.15) is 83.2 Å². The smallest absolute Gasteiger partial charge is 0.157 e. The maximum atomic E-state index is 8.96. The Balaban J connectivity index is 1.84. The number of likely N-dealkylation sites (tertiary alicyclic amines) is 1. The quantitative estimate of drug-likeness (QED) is 0.292. The van der Waals surface area contributed by atoms with E-state index in [1.807, 2.05) is 6.07 Å². The molecule has 164 valence electrons. The van der Waals surface area contributed by atoms with Gasteiger partial charge in [-0.25, -0.2) is 9.97 Å². The third-order valence-corrected chi connectivity index (χ3v) is 7.04. The molecular formula is C25H37ClN4. The van der Waals surface area contributed by atoms with Crippen LogP contribution in [0, 0.1) is 11.3 Å². The highest BCUT2D eigenvalue weighted by Crippen LogP contribution is 2.34. The first kappa shape index (κ1) is 23.1.